The summed E-state index contributed by atoms with van der Waals surface area (Å²) in [6, 6.07) is 7.51. The first-order valence-electron chi connectivity index (χ1n) is 7.61. The van der Waals surface area contributed by atoms with Crippen LogP contribution >= 0.6 is 11.3 Å². The number of pyridine rings is 1. The van der Waals surface area contributed by atoms with Crippen LogP contribution in [0.3, 0.4) is 0 Å². The maximum absolute atomic E-state index is 11.7. The molecule has 0 radical (unpaired) electrons. The fraction of sp³-hybridized carbons (Fsp3) is 0.412. The van der Waals surface area contributed by atoms with E-state index < -0.39 is 12.0 Å². The zero-order valence-corrected chi connectivity index (χ0v) is 13.4. The van der Waals surface area contributed by atoms with Crippen LogP contribution in [-0.2, 0) is 4.79 Å². The first kappa shape index (κ1) is 15.2. The van der Waals surface area contributed by atoms with Gasteiger partial charge < -0.3 is 5.11 Å². The third-order valence-electron chi connectivity index (χ3n) is 4.15. The average Bonchev–Trinajstić information content (AvgIpc) is 2.95. The Morgan fingerprint density at radius 3 is 2.95 bits per heavy atom. The maximum atomic E-state index is 11.7. The highest BCUT2D eigenvalue weighted by atomic mass is 32.1. The van der Waals surface area contributed by atoms with Crippen molar-refractivity contribution >= 4 is 17.3 Å². The molecule has 4 nitrogen and oxygen atoms in total. The van der Waals surface area contributed by atoms with E-state index in [2.05, 4.69) is 28.3 Å². The number of likely N-dealkylation sites (tertiary alicyclic amines) is 1. The number of aryl methyl sites for hydroxylation is 1. The normalized spacial score (nSPS) is 20.7. The SMILES string of the molecule is Cc1csc(C(c2ccccn2)N2CCCCC2C(=O)O)c1. The van der Waals surface area contributed by atoms with Crippen molar-refractivity contribution in [2.45, 2.75) is 38.3 Å². The van der Waals surface area contributed by atoms with Gasteiger partial charge in [0.2, 0.25) is 0 Å². The van der Waals surface area contributed by atoms with Crippen molar-refractivity contribution < 1.29 is 9.90 Å². The van der Waals surface area contributed by atoms with Gasteiger partial charge in [0.25, 0.3) is 0 Å². The first-order chi connectivity index (χ1) is 10.7. The fourth-order valence-corrected chi connectivity index (χ4v) is 4.17. The van der Waals surface area contributed by atoms with Crippen LogP contribution in [-0.4, -0.2) is 33.5 Å². The summed E-state index contributed by atoms with van der Waals surface area (Å²) >= 11 is 1.69. The smallest absolute Gasteiger partial charge is 0.320 e. The largest absolute Gasteiger partial charge is 0.480 e. The number of aliphatic carboxylic acids is 1. The molecule has 0 saturated carbocycles. The van der Waals surface area contributed by atoms with Crippen LogP contribution in [0.2, 0.25) is 0 Å². The van der Waals surface area contributed by atoms with Crippen LogP contribution in [0.4, 0.5) is 0 Å². The van der Waals surface area contributed by atoms with E-state index in [4.69, 9.17) is 0 Å². The van der Waals surface area contributed by atoms with Crippen molar-refractivity contribution in [3.63, 3.8) is 0 Å². The van der Waals surface area contributed by atoms with Crippen LogP contribution < -0.4 is 0 Å². The summed E-state index contributed by atoms with van der Waals surface area (Å²) in [5, 5.41) is 11.7. The fourth-order valence-electron chi connectivity index (χ4n) is 3.14. The van der Waals surface area contributed by atoms with Crippen molar-refractivity contribution in [1.82, 2.24) is 9.88 Å². The summed E-state index contributed by atoms with van der Waals surface area (Å²) in [7, 11) is 0. The summed E-state index contributed by atoms with van der Waals surface area (Å²) in [6.45, 7) is 2.87. The molecule has 1 N–H and O–H groups in total. The van der Waals surface area contributed by atoms with Crippen LogP contribution in [0.5, 0.6) is 0 Å². The zero-order valence-electron chi connectivity index (χ0n) is 12.6. The molecule has 5 heteroatoms. The van der Waals surface area contributed by atoms with Gasteiger partial charge in [-0.25, -0.2) is 0 Å². The van der Waals surface area contributed by atoms with Gasteiger partial charge in [-0.1, -0.05) is 12.5 Å². The van der Waals surface area contributed by atoms with Gasteiger partial charge in [0, 0.05) is 17.6 Å². The number of hydrogen-bond acceptors (Lipinski definition) is 4. The molecule has 0 aromatic carbocycles. The lowest BCUT2D eigenvalue weighted by molar-refractivity contribution is -0.145. The molecule has 0 spiro atoms. The predicted octanol–water partition coefficient (Wildman–Crippen LogP) is 3.48. The molecule has 3 rings (SSSR count). The molecule has 22 heavy (non-hydrogen) atoms. The predicted molar refractivity (Wildman–Crippen MR) is 87.1 cm³/mol. The van der Waals surface area contributed by atoms with Gasteiger partial charge in [-0.2, -0.15) is 0 Å². The molecule has 2 aromatic heterocycles. The minimum atomic E-state index is -0.728. The Kier molecular flexibility index (Phi) is 4.55. The van der Waals surface area contributed by atoms with E-state index in [9.17, 15) is 9.90 Å². The Morgan fingerprint density at radius 1 is 1.45 bits per heavy atom. The van der Waals surface area contributed by atoms with Gasteiger partial charge >= 0.3 is 5.97 Å². The molecule has 0 aliphatic carbocycles. The Hall–Kier alpha value is -1.72. The van der Waals surface area contributed by atoms with Crippen molar-refractivity contribution in [3.8, 4) is 0 Å². The molecular formula is C17H20N2O2S. The number of carboxylic acids is 1. The molecular weight excluding hydrogens is 296 g/mol. The monoisotopic (exact) mass is 316 g/mol. The summed E-state index contributed by atoms with van der Waals surface area (Å²) in [5.41, 5.74) is 2.14. The van der Waals surface area contributed by atoms with Gasteiger partial charge in [-0.15, -0.1) is 11.3 Å². The van der Waals surface area contributed by atoms with Crippen LogP contribution in [0, 0.1) is 6.92 Å². The molecule has 2 unspecified atom stereocenters. The lowest BCUT2D eigenvalue weighted by Gasteiger charge is -2.38. The van der Waals surface area contributed by atoms with E-state index in [1.165, 1.54) is 10.4 Å². The number of aromatic nitrogens is 1. The zero-order chi connectivity index (χ0) is 15.5. The Morgan fingerprint density at radius 2 is 2.32 bits per heavy atom. The number of hydrogen-bond donors (Lipinski definition) is 1. The van der Waals surface area contributed by atoms with Gasteiger partial charge in [0.1, 0.15) is 6.04 Å². The number of nitrogens with zero attached hydrogens (tertiary/aromatic N) is 2. The van der Waals surface area contributed by atoms with E-state index in [0.29, 0.717) is 6.42 Å². The molecule has 1 aliphatic heterocycles. The number of carboxylic acid groups (broad SMARTS) is 1. The highest BCUT2D eigenvalue weighted by Crippen LogP contribution is 2.36. The minimum Gasteiger partial charge on any atom is -0.480 e. The third-order valence-corrected chi connectivity index (χ3v) is 5.25. The topological polar surface area (TPSA) is 53.4 Å². The molecule has 2 aromatic rings. The number of rotatable bonds is 4. The van der Waals surface area contributed by atoms with E-state index in [1.807, 2.05) is 18.2 Å². The molecule has 2 atom stereocenters. The van der Waals surface area contributed by atoms with Crippen molar-refractivity contribution in [3.05, 3.63) is 52.0 Å². The highest BCUT2D eigenvalue weighted by Gasteiger charge is 2.36. The summed E-state index contributed by atoms with van der Waals surface area (Å²) < 4.78 is 0. The van der Waals surface area contributed by atoms with E-state index >= 15 is 0 Å². The second-order valence-electron chi connectivity index (χ2n) is 5.77. The molecule has 1 aliphatic rings. The Bertz CT molecular complexity index is 641. The molecule has 1 saturated heterocycles. The molecule has 1 fully saturated rings. The molecule has 116 valence electrons. The maximum Gasteiger partial charge on any atom is 0.320 e. The average molecular weight is 316 g/mol. The lowest BCUT2D eigenvalue weighted by atomic mass is 9.97. The first-order valence-corrected chi connectivity index (χ1v) is 8.49. The van der Waals surface area contributed by atoms with Crippen LogP contribution in [0.25, 0.3) is 0 Å². The molecule has 0 amide bonds. The standard InChI is InChI=1S/C17H20N2O2S/c1-12-10-15(22-11-12)16(13-6-2-4-8-18-13)19-9-5-3-7-14(19)17(20)21/h2,4,6,8,10-11,14,16H,3,5,7,9H2,1H3,(H,20,21). The second-order valence-corrected chi connectivity index (χ2v) is 6.71. The van der Waals surface area contributed by atoms with Crippen molar-refractivity contribution in [2.75, 3.05) is 6.54 Å². The highest BCUT2D eigenvalue weighted by molar-refractivity contribution is 7.10. The van der Waals surface area contributed by atoms with Gasteiger partial charge in [0.15, 0.2) is 0 Å². The number of thiophene rings is 1. The van der Waals surface area contributed by atoms with Crippen LogP contribution in [0.15, 0.2) is 35.8 Å². The lowest BCUT2D eigenvalue weighted by Crippen LogP contribution is -2.46. The number of piperidine rings is 1. The van der Waals surface area contributed by atoms with Gasteiger partial charge in [-0.3, -0.25) is 14.7 Å². The van der Waals surface area contributed by atoms with E-state index in [-0.39, 0.29) is 6.04 Å². The number of carbonyl (C=O) groups is 1. The third kappa shape index (κ3) is 3.05. The van der Waals surface area contributed by atoms with Crippen molar-refractivity contribution in [2.24, 2.45) is 0 Å². The Balaban J connectivity index is 2.02. The van der Waals surface area contributed by atoms with E-state index in [1.54, 1.807) is 17.5 Å². The summed E-state index contributed by atoms with van der Waals surface area (Å²) in [5.74, 6) is -0.728. The molecule has 0 bridgehead atoms. The molecule has 3 heterocycles. The quantitative estimate of drug-likeness (QED) is 0.938. The summed E-state index contributed by atoms with van der Waals surface area (Å²) in [4.78, 5) is 19.5. The minimum absolute atomic E-state index is 0.0682. The second kappa shape index (κ2) is 6.58. The van der Waals surface area contributed by atoms with Gasteiger partial charge in [0.05, 0.1) is 11.7 Å². The van der Waals surface area contributed by atoms with Crippen LogP contribution in [0.1, 0.15) is 41.4 Å². The Labute approximate surface area is 134 Å². The van der Waals surface area contributed by atoms with Crippen molar-refractivity contribution in [1.29, 1.82) is 0 Å². The van der Waals surface area contributed by atoms with Gasteiger partial charge in [-0.05, 0) is 48.9 Å². The van der Waals surface area contributed by atoms with E-state index in [0.717, 1.165) is 25.1 Å². The summed E-state index contributed by atoms with van der Waals surface area (Å²) in [6.07, 6.45) is 4.51.